The largest absolute Gasteiger partial charge is 0.497 e. The summed E-state index contributed by atoms with van der Waals surface area (Å²) in [7, 11) is -5.41. The fourth-order valence-electron chi connectivity index (χ4n) is 8.84. The fraction of sp³-hybridized carbons (Fsp3) is 0.292. The number of benzene rings is 5. The quantitative estimate of drug-likeness (QED) is 0.0829. The third-order valence-electron chi connectivity index (χ3n) is 12.1. The van der Waals surface area contributed by atoms with Gasteiger partial charge in [-0.2, -0.15) is 9.10 Å². The molecule has 8 rings (SSSR count). The van der Waals surface area contributed by atoms with E-state index in [2.05, 4.69) is 25.0 Å². The Labute approximate surface area is 404 Å². The Kier molecular flexibility index (Phi) is 13.7. The molecule has 0 radical (unpaired) electrons. The van der Waals surface area contributed by atoms with Crippen LogP contribution in [0.2, 0.25) is 0 Å². The number of aromatic nitrogens is 6. The third-order valence-corrected chi connectivity index (χ3v) is 15.6. The third kappa shape index (κ3) is 10.0. The topological polar surface area (TPSA) is 267 Å². The maximum Gasteiger partial charge on any atom is 0.407 e. The van der Waals surface area contributed by atoms with Crippen molar-refractivity contribution in [3.05, 3.63) is 126 Å². The van der Waals surface area contributed by atoms with Gasteiger partial charge in [0, 0.05) is 31.2 Å². The van der Waals surface area contributed by atoms with Crippen molar-refractivity contribution in [2.45, 2.75) is 68.7 Å². The van der Waals surface area contributed by atoms with Gasteiger partial charge in [-0.25, -0.2) is 31.3 Å². The highest BCUT2D eigenvalue weighted by molar-refractivity contribution is 7.92. The van der Waals surface area contributed by atoms with E-state index in [9.17, 15) is 14.7 Å². The first-order valence-electron chi connectivity index (χ1n) is 22.0. The molecular weight excluding hydrogens is 941 g/mol. The van der Waals surface area contributed by atoms with Crippen molar-refractivity contribution >= 4 is 43.1 Å². The van der Waals surface area contributed by atoms with E-state index < -0.39 is 59.3 Å². The summed E-state index contributed by atoms with van der Waals surface area (Å²) in [6.45, 7) is 5.00. The van der Waals surface area contributed by atoms with Crippen molar-refractivity contribution in [3.8, 4) is 39.8 Å². The Morgan fingerprint density at radius 2 is 1.39 bits per heavy atom. The van der Waals surface area contributed by atoms with Crippen LogP contribution in [0.4, 0.5) is 4.79 Å². The number of methoxy groups -OCH3 is 3. The molecule has 2 atom stereocenters. The normalized spacial score (nSPS) is 15.4. The number of tetrazole rings is 1. The first kappa shape index (κ1) is 49.0. The number of carbonyl (C=O) groups is 2. The Hall–Kier alpha value is -7.40. The number of carboxylic acid groups (broad SMARTS) is 1. The highest BCUT2D eigenvalue weighted by Crippen LogP contribution is 2.44. The van der Waals surface area contributed by atoms with E-state index in [0.717, 1.165) is 9.87 Å². The van der Waals surface area contributed by atoms with Gasteiger partial charge in [0.1, 0.15) is 27.0 Å². The summed E-state index contributed by atoms with van der Waals surface area (Å²) in [6.07, 6.45) is -1.12. The lowest BCUT2D eigenvalue weighted by molar-refractivity contribution is 0.0989. The molecule has 1 aliphatic heterocycles. The number of nitrogens with zero attached hydrogens (tertiary/aromatic N) is 7. The van der Waals surface area contributed by atoms with Crippen molar-refractivity contribution in [1.82, 2.24) is 44.1 Å². The Balaban J connectivity index is 1.41. The number of H-pyrrole nitrogens is 1. The number of hydrogen-bond acceptors (Lipinski definition) is 13. The van der Waals surface area contributed by atoms with Gasteiger partial charge in [-0.3, -0.25) is 4.79 Å². The van der Waals surface area contributed by atoms with E-state index in [1.807, 2.05) is 0 Å². The monoisotopic (exact) mass is 992 g/mol. The van der Waals surface area contributed by atoms with E-state index in [4.69, 9.17) is 25.0 Å². The highest BCUT2D eigenvalue weighted by Gasteiger charge is 2.47. The number of para-hydroxylation sites is 1. The Morgan fingerprint density at radius 3 is 1.91 bits per heavy atom. The molecule has 7 aromatic rings. The van der Waals surface area contributed by atoms with E-state index in [0.29, 0.717) is 33.9 Å². The number of aromatic amines is 1. The first-order valence-corrected chi connectivity index (χ1v) is 24.9. The van der Waals surface area contributed by atoms with Crippen LogP contribution in [0.15, 0.2) is 113 Å². The Morgan fingerprint density at radius 1 is 0.814 bits per heavy atom. The van der Waals surface area contributed by atoms with E-state index in [1.165, 1.54) is 36.0 Å². The van der Waals surface area contributed by atoms with Crippen LogP contribution in [0.25, 0.3) is 33.5 Å². The van der Waals surface area contributed by atoms with Crippen LogP contribution in [-0.4, -0.2) is 113 Å². The van der Waals surface area contributed by atoms with Crippen molar-refractivity contribution in [3.63, 3.8) is 0 Å². The van der Waals surface area contributed by atoms with Gasteiger partial charge in [-0.1, -0.05) is 75.4 Å². The maximum atomic E-state index is 16.3. The molecule has 0 aliphatic carbocycles. The first-order chi connectivity index (χ1) is 33.3. The number of amides is 2. The number of carbonyl (C=O) groups excluding carboxylic acids is 1. The number of ether oxygens (including phenoxy) is 3. The zero-order valence-electron chi connectivity index (χ0n) is 39.2. The summed E-state index contributed by atoms with van der Waals surface area (Å²) in [6, 6.07) is 26.4. The molecule has 2 amide bonds. The molecule has 5 N–H and O–H groups in total. The highest BCUT2D eigenvalue weighted by atomic mass is 32.2. The smallest absolute Gasteiger partial charge is 0.407 e. The minimum Gasteiger partial charge on any atom is -0.497 e. The molecule has 70 heavy (non-hydrogen) atoms. The number of primary amides is 1. The lowest BCUT2D eigenvalue weighted by atomic mass is 9.83. The summed E-state index contributed by atoms with van der Waals surface area (Å²) in [5.74, 6) is 0.387. The number of nitrogens with two attached hydrogens (primary N) is 1. The molecular formula is C48H52N10O10S2. The van der Waals surface area contributed by atoms with Gasteiger partial charge in [0.05, 0.1) is 50.5 Å². The summed E-state index contributed by atoms with van der Waals surface area (Å²) < 4.78 is 83.3. The predicted molar refractivity (Wildman–Crippen MR) is 258 cm³/mol. The van der Waals surface area contributed by atoms with Crippen LogP contribution in [0.1, 0.15) is 54.5 Å². The number of likely N-dealkylation sites (tertiary alicyclic amines) is 1. The molecule has 22 heteroatoms. The lowest BCUT2D eigenvalue weighted by Crippen LogP contribution is -2.52. The number of hydrogen-bond donors (Lipinski definition) is 4. The van der Waals surface area contributed by atoms with Gasteiger partial charge in [-0.05, 0) is 87.8 Å². The second-order valence-electron chi connectivity index (χ2n) is 17.7. The molecule has 3 heterocycles. The average molecular weight is 993 g/mol. The van der Waals surface area contributed by atoms with Gasteiger partial charge in [0.15, 0.2) is 5.82 Å². The minimum absolute atomic E-state index is 0.0273. The van der Waals surface area contributed by atoms with Crippen LogP contribution in [0.5, 0.6) is 17.2 Å². The number of nitrogens with one attached hydrogen (secondary N) is 2. The van der Waals surface area contributed by atoms with Gasteiger partial charge in [-0.15, -0.1) is 10.2 Å². The van der Waals surface area contributed by atoms with E-state index in [1.54, 1.807) is 119 Å². The summed E-state index contributed by atoms with van der Waals surface area (Å²) in [5.41, 5.74) is 7.44. The van der Waals surface area contributed by atoms with Crippen LogP contribution >= 0.6 is 0 Å². The molecule has 1 saturated heterocycles. The van der Waals surface area contributed by atoms with Crippen molar-refractivity contribution in [2.75, 3.05) is 27.9 Å². The molecule has 20 nitrogen and oxygen atoms in total. The van der Waals surface area contributed by atoms with E-state index >= 15 is 16.8 Å². The number of imidazole rings is 1. The second kappa shape index (κ2) is 19.5. The molecule has 1 fully saturated rings. The van der Waals surface area contributed by atoms with Crippen molar-refractivity contribution in [2.24, 2.45) is 11.1 Å². The summed E-state index contributed by atoms with van der Waals surface area (Å²) >= 11 is 0. The van der Waals surface area contributed by atoms with Gasteiger partial charge < -0.3 is 34.9 Å². The van der Waals surface area contributed by atoms with Crippen LogP contribution in [0.3, 0.4) is 0 Å². The van der Waals surface area contributed by atoms with Gasteiger partial charge >= 0.3 is 6.09 Å². The average Bonchev–Trinajstić information content (AvgIpc) is 4.11. The second-order valence-corrected chi connectivity index (χ2v) is 21.3. The lowest BCUT2D eigenvalue weighted by Gasteiger charge is -2.37. The van der Waals surface area contributed by atoms with Gasteiger partial charge in [0.2, 0.25) is 25.9 Å². The van der Waals surface area contributed by atoms with Crippen molar-refractivity contribution in [1.29, 1.82) is 0 Å². The zero-order valence-corrected chi connectivity index (χ0v) is 40.8. The molecule has 2 unspecified atom stereocenters. The molecule has 366 valence electrons. The molecule has 0 spiro atoms. The fourth-order valence-corrected chi connectivity index (χ4v) is 12.5. The van der Waals surface area contributed by atoms with Crippen LogP contribution < -0.4 is 24.7 Å². The molecule has 1 aliphatic rings. The number of sulfonamides is 2. The van der Waals surface area contributed by atoms with Crippen molar-refractivity contribution < 1.29 is 45.7 Å². The number of rotatable bonds is 17. The number of fused-ring (bicyclic) bond motifs is 1. The van der Waals surface area contributed by atoms with Gasteiger partial charge in [0.25, 0.3) is 5.91 Å². The molecule has 5 aromatic carbocycles. The maximum absolute atomic E-state index is 16.3. The Bertz CT molecular complexity index is 3230. The zero-order chi connectivity index (χ0) is 50.1. The minimum atomic E-state index is -5.06. The van der Waals surface area contributed by atoms with Crippen LogP contribution in [0, 0.1) is 5.41 Å². The van der Waals surface area contributed by atoms with Crippen LogP contribution in [-0.2, 0) is 39.7 Å². The van der Waals surface area contributed by atoms with E-state index in [-0.39, 0.29) is 66.5 Å². The summed E-state index contributed by atoms with van der Waals surface area (Å²) in [5, 5.41) is 23.7. The molecule has 0 bridgehead atoms. The SMILES string of the molecule is COc1ccc(CN(Cc2ccc(OC)cc2)S(=O)(=O)c2c(S(=O)(=O)NC3CCN(C(=O)O)C3C(C)(C)C)ccc(-c3cccc4[nH]c(C(N)=O)nc34)c2-c2nnn(Cc3ccc(OC)cc3)n2)cc1. The standard InChI is InChI=1S/C48H52N10O10S2/c1-48(2,3)43-38(24-25-57(43)47(60)61)54-69(62,63)39-23-22-35(36-8-7-9-37-41(36)51-46(50-37)44(49)59)40(45-52-55-58(53-45)28-31-14-20-34(68-6)21-15-31)42(39)70(64,65)56(26-29-10-16-32(66-4)17-11-29)27-30-12-18-33(67-5)19-13-30/h7-23,38,43,54H,24-28H2,1-6H3,(H2,49,59)(H,50,51)(H,60,61). The predicted octanol–water partition coefficient (Wildman–Crippen LogP) is 5.89. The molecule has 0 saturated carbocycles. The summed E-state index contributed by atoms with van der Waals surface area (Å²) in [4.78, 5) is 33.4. The molecule has 2 aromatic heterocycles.